The summed E-state index contributed by atoms with van der Waals surface area (Å²) in [5.74, 6) is -1.37. The Morgan fingerprint density at radius 3 is 2.60 bits per heavy atom. The zero-order chi connectivity index (χ0) is 25.1. The number of carbonyl (C=O) groups is 2. The Labute approximate surface area is 205 Å². The van der Waals surface area contributed by atoms with E-state index in [0.29, 0.717) is 28.9 Å². The first-order valence-corrected chi connectivity index (χ1v) is 11.0. The summed E-state index contributed by atoms with van der Waals surface area (Å²) in [6.45, 7) is 0.269. The maximum absolute atomic E-state index is 13.7. The van der Waals surface area contributed by atoms with Crippen molar-refractivity contribution in [3.8, 4) is 23.4 Å². The molecule has 1 atom stereocenters. The van der Waals surface area contributed by atoms with E-state index in [4.69, 9.17) is 27.9 Å². The topological polar surface area (TPSA) is 141 Å². The van der Waals surface area contributed by atoms with Crippen LogP contribution in [0.1, 0.15) is 40.5 Å². The number of nitrogens with one attached hydrogen (secondary N) is 1. The number of fused-ring (bicyclic) bond motifs is 1. The molecule has 3 amide bonds. The number of nitrogens with two attached hydrogens (primary N) is 1. The van der Waals surface area contributed by atoms with Crippen molar-refractivity contribution in [2.75, 3.05) is 11.9 Å². The minimum atomic E-state index is -0.755. The number of aromatic nitrogens is 2. The van der Waals surface area contributed by atoms with E-state index in [1.54, 1.807) is 28.9 Å². The van der Waals surface area contributed by atoms with Gasteiger partial charge in [0, 0.05) is 24.2 Å². The number of hydrogen-bond acceptors (Lipinski definition) is 5. The molecular weight excluding hydrogens is 473 g/mol. The molecular formula is C24H19ClFN7O2. The molecule has 0 aliphatic carbocycles. The lowest BCUT2D eigenvalue weighted by molar-refractivity contribution is 0.0996. The van der Waals surface area contributed by atoms with Crippen molar-refractivity contribution >= 4 is 29.2 Å². The molecule has 1 aliphatic rings. The van der Waals surface area contributed by atoms with E-state index in [-0.39, 0.29) is 35.8 Å². The number of halogens is 2. The Bertz CT molecular complexity index is 1390. The van der Waals surface area contributed by atoms with E-state index < -0.39 is 23.8 Å². The Hall–Kier alpha value is -4.41. The summed E-state index contributed by atoms with van der Waals surface area (Å²) < 4.78 is 15.3. The average Bonchev–Trinajstić information content (AvgIpc) is 3.24. The third-order valence-electron chi connectivity index (χ3n) is 5.71. The van der Waals surface area contributed by atoms with E-state index in [2.05, 4.69) is 16.5 Å². The number of nitrogens with zero attached hydrogens (tertiary/aromatic N) is 5. The standard InChI is InChI=1S/C24H19ClFN7O2/c25-18-10-15(5-8-19(18)26)22-21(23(29)34)20-13-32(12-17(2-1-9-27)33(20)31-22)24(35)30-16-6-3-14(11-28)4-7-16/h3-8,10,17H,1-2,12-13H2,(H2,29,34)(H,30,35)/t17-/m0/s1. The lowest BCUT2D eigenvalue weighted by Crippen LogP contribution is -2.44. The molecule has 2 heterocycles. The van der Waals surface area contributed by atoms with Crippen LogP contribution in [0.15, 0.2) is 42.5 Å². The molecule has 0 fully saturated rings. The van der Waals surface area contributed by atoms with E-state index >= 15 is 0 Å². The molecule has 2 aromatic carbocycles. The fourth-order valence-electron chi connectivity index (χ4n) is 4.03. The van der Waals surface area contributed by atoms with E-state index in [1.807, 2.05) is 6.07 Å². The van der Waals surface area contributed by atoms with Crippen molar-refractivity contribution in [3.05, 3.63) is 70.1 Å². The van der Waals surface area contributed by atoms with Gasteiger partial charge < -0.3 is 16.0 Å². The van der Waals surface area contributed by atoms with Crippen molar-refractivity contribution in [1.82, 2.24) is 14.7 Å². The monoisotopic (exact) mass is 491 g/mol. The summed E-state index contributed by atoms with van der Waals surface area (Å²) in [5.41, 5.74) is 7.81. The molecule has 0 saturated heterocycles. The van der Waals surface area contributed by atoms with E-state index in [1.165, 1.54) is 23.1 Å². The highest BCUT2D eigenvalue weighted by Crippen LogP contribution is 2.34. The molecule has 0 bridgehead atoms. The van der Waals surface area contributed by atoms with Crippen LogP contribution in [0.3, 0.4) is 0 Å². The van der Waals surface area contributed by atoms with Crippen molar-refractivity contribution in [1.29, 1.82) is 10.5 Å². The van der Waals surface area contributed by atoms with E-state index in [0.717, 1.165) is 0 Å². The van der Waals surface area contributed by atoms with Gasteiger partial charge in [0.1, 0.15) is 11.5 Å². The molecule has 0 saturated carbocycles. The average molecular weight is 492 g/mol. The Morgan fingerprint density at radius 1 is 1.23 bits per heavy atom. The highest BCUT2D eigenvalue weighted by molar-refractivity contribution is 6.31. The van der Waals surface area contributed by atoms with Crippen molar-refractivity contribution in [2.45, 2.75) is 25.4 Å². The SMILES string of the molecule is N#CCC[C@H]1CN(C(=O)Nc2ccc(C#N)cc2)Cc2c(C(N)=O)c(-c3ccc(F)c(Cl)c3)nn21. The minimum Gasteiger partial charge on any atom is -0.365 e. The highest BCUT2D eigenvalue weighted by Gasteiger charge is 2.34. The molecule has 0 spiro atoms. The van der Waals surface area contributed by atoms with Gasteiger partial charge in [-0.3, -0.25) is 9.48 Å². The van der Waals surface area contributed by atoms with Crippen LogP contribution in [0.2, 0.25) is 5.02 Å². The molecule has 1 aliphatic heterocycles. The molecule has 4 rings (SSSR count). The number of rotatable bonds is 5. The van der Waals surface area contributed by atoms with Crippen LogP contribution >= 0.6 is 11.6 Å². The summed E-state index contributed by atoms with van der Waals surface area (Å²) in [7, 11) is 0. The highest BCUT2D eigenvalue weighted by atomic mass is 35.5. The molecule has 3 N–H and O–H groups in total. The van der Waals surface area contributed by atoms with Crippen LogP contribution in [0.4, 0.5) is 14.9 Å². The molecule has 1 aromatic heterocycles. The predicted octanol–water partition coefficient (Wildman–Crippen LogP) is 4.21. The summed E-state index contributed by atoms with van der Waals surface area (Å²) in [6.07, 6.45) is 0.590. The molecule has 0 unspecified atom stereocenters. The summed E-state index contributed by atoms with van der Waals surface area (Å²) in [6, 6.07) is 13.7. The predicted molar refractivity (Wildman–Crippen MR) is 126 cm³/mol. The van der Waals surface area contributed by atoms with Crippen molar-refractivity contribution in [2.24, 2.45) is 5.73 Å². The van der Waals surface area contributed by atoms with Crippen LogP contribution in [-0.2, 0) is 6.54 Å². The first-order valence-electron chi connectivity index (χ1n) is 10.6. The zero-order valence-corrected chi connectivity index (χ0v) is 19.1. The number of benzene rings is 2. The fraction of sp³-hybridized carbons (Fsp3) is 0.208. The maximum Gasteiger partial charge on any atom is 0.322 e. The van der Waals surface area contributed by atoms with Gasteiger partial charge in [-0.05, 0) is 48.9 Å². The number of carbonyl (C=O) groups excluding carboxylic acids is 2. The lowest BCUT2D eigenvalue weighted by atomic mass is 10.0. The van der Waals surface area contributed by atoms with Crippen molar-refractivity contribution in [3.63, 3.8) is 0 Å². The second kappa shape index (κ2) is 9.84. The Morgan fingerprint density at radius 2 is 1.97 bits per heavy atom. The van der Waals surface area contributed by atoms with Crippen LogP contribution in [0, 0.1) is 28.5 Å². The molecule has 176 valence electrons. The third-order valence-corrected chi connectivity index (χ3v) is 6.00. The largest absolute Gasteiger partial charge is 0.365 e. The van der Waals surface area contributed by atoms with Crippen LogP contribution in [-0.4, -0.2) is 33.2 Å². The second-order valence-electron chi connectivity index (χ2n) is 7.96. The first-order chi connectivity index (χ1) is 16.8. The normalized spacial score (nSPS) is 14.5. The number of anilines is 1. The maximum atomic E-state index is 13.7. The lowest BCUT2D eigenvalue weighted by Gasteiger charge is -2.34. The number of hydrogen-bond donors (Lipinski definition) is 2. The Balaban J connectivity index is 1.72. The van der Waals surface area contributed by atoms with Gasteiger partial charge >= 0.3 is 6.03 Å². The molecule has 0 radical (unpaired) electrons. The summed E-state index contributed by atoms with van der Waals surface area (Å²) in [5, 5.41) is 25.3. The Kier molecular flexibility index (Phi) is 6.67. The van der Waals surface area contributed by atoms with E-state index in [9.17, 15) is 14.0 Å². The summed E-state index contributed by atoms with van der Waals surface area (Å²) in [4.78, 5) is 27.1. The van der Waals surface area contributed by atoms with Crippen molar-refractivity contribution < 1.29 is 14.0 Å². The smallest absolute Gasteiger partial charge is 0.322 e. The second-order valence-corrected chi connectivity index (χ2v) is 8.37. The molecule has 3 aromatic rings. The fourth-order valence-corrected chi connectivity index (χ4v) is 4.21. The minimum absolute atomic E-state index is 0.0331. The molecule has 9 nitrogen and oxygen atoms in total. The number of primary amides is 1. The number of urea groups is 1. The van der Waals surface area contributed by atoms with Gasteiger partial charge in [-0.25, -0.2) is 9.18 Å². The van der Waals surface area contributed by atoms with Crippen LogP contribution < -0.4 is 11.1 Å². The zero-order valence-electron chi connectivity index (χ0n) is 18.3. The molecule has 11 heteroatoms. The van der Waals surface area contributed by atoms with Gasteiger partial charge in [0.05, 0.1) is 46.6 Å². The van der Waals surface area contributed by atoms with Gasteiger partial charge in [0.2, 0.25) is 0 Å². The number of amides is 3. The van der Waals surface area contributed by atoms with Gasteiger partial charge in [-0.15, -0.1) is 0 Å². The van der Waals surface area contributed by atoms with Gasteiger partial charge in [0.25, 0.3) is 5.91 Å². The summed E-state index contributed by atoms with van der Waals surface area (Å²) >= 11 is 5.94. The number of nitriles is 2. The third kappa shape index (κ3) is 4.79. The van der Waals surface area contributed by atoms with Gasteiger partial charge in [-0.1, -0.05) is 11.6 Å². The quantitative estimate of drug-likeness (QED) is 0.550. The first kappa shape index (κ1) is 23.7. The van der Waals surface area contributed by atoms with Crippen LogP contribution in [0.5, 0.6) is 0 Å². The molecule has 35 heavy (non-hydrogen) atoms. The van der Waals surface area contributed by atoms with Gasteiger partial charge in [0.15, 0.2) is 0 Å². The van der Waals surface area contributed by atoms with Crippen LogP contribution in [0.25, 0.3) is 11.3 Å². The van der Waals surface area contributed by atoms with Gasteiger partial charge in [-0.2, -0.15) is 15.6 Å².